The van der Waals surface area contributed by atoms with Crippen LogP contribution in [-0.2, 0) is 0 Å². The summed E-state index contributed by atoms with van der Waals surface area (Å²) in [6.45, 7) is 12.9. The normalized spacial score (nSPS) is 14.6. The lowest BCUT2D eigenvalue weighted by molar-refractivity contribution is 0.182. The number of thioether (sulfide) groups is 1. The van der Waals surface area contributed by atoms with Crippen LogP contribution in [0.2, 0.25) is 0 Å². The van der Waals surface area contributed by atoms with E-state index < -0.39 is 0 Å². The Morgan fingerprint density at radius 3 is 2.26 bits per heavy atom. The lowest BCUT2D eigenvalue weighted by Crippen LogP contribution is -2.40. The van der Waals surface area contributed by atoms with Gasteiger partial charge in [0.15, 0.2) is 0 Å². The molecule has 1 aliphatic heterocycles. The van der Waals surface area contributed by atoms with Gasteiger partial charge in [-0.3, -0.25) is 4.90 Å². The van der Waals surface area contributed by atoms with Gasteiger partial charge in [0.05, 0.1) is 7.11 Å². The molecule has 27 heavy (non-hydrogen) atoms. The van der Waals surface area contributed by atoms with Crippen molar-refractivity contribution in [2.24, 2.45) is 0 Å². The highest BCUT2D eigenvalue weighted by molar-refractivity contribution is 8.93. The molecule has 2 heterocycles. The summed E-state index contributed by atoms with van der Waals surface area (Å²) in [6.07, 6.45) is 5.75. The first-order valence-corrected chi connectivity index (χ1v) is 10.9. The highest BCUT2D eigenvalue weighted by atomic mass is 79.9. The van der Waals surface area contributed by atoms with Crippen LogP contribution in [0.3, 0.4) is 0 Å². The molecule has 0 aromatic carbocycles. The van der Waals surface area contributed by atoms with E-state index in [1.807, 2.05) is 6.26 Å². The van der Waals surface area contributed by atoms with Gasteiger partial charge in [0.1, 0.15) is 10.7 Å². The van der Waals surface area contributed by atoms with Gasteiger partial charge in [0.25, 0.3) is 0 Å². The van der Waals surface area contributed by atoms with Crippen molar-refractivity contribution in [3.8, 4) is 5.88 Å². The minimum absolute atomic E-state index is 0. The first-order chi connectivity index (χ1) is 12.5. The van der Waals surface area contributed by atoms with Crippen molar-refractivity contribution in [2.45, 2.75) is 63.9 Å². The van der Waals surface area contributed by atoms with E-state index in [9.17, 15) is 0 Å². The molecule has 0 radical (unpaired) electrons. The van der Waals surface area contributed by atoms with Gasteiger partial charge in [-0.15, -0.1) is 28.7 Å². The molecule has 0 bridgehead atoms. The largest absolute Gasteiger partial charge is 0.480 e. The van der Waals surface area contributed by atoms with Crippen molar-refractivity contribution in [1.82, 2.24) is 14.9 Å². The number of hydrogen-bond donors (Lipinski definition) is 1. The van der Waals surface area contributed by atoms with Crippen molar-refractivity contribution >= 4 is 40.5 Å². The second kappa shape index (κ2) is 12.0. The first-order valence-electron chi connectivity index (χ1n) is 9.72. The Kier molecular flexibility index (Phi) is 10.8. The van der Waals surface area contributed by atoms with Gasteiger partial charge in [-0.1, -0.05) is 0 Å². The zero-order chi connectivity index (χ0) is 19.1. The zero-order valence-electron chi connectivity index (χ0n) is 17.6. The molecule has 6 nitrogen and oxygen atoms in total. The summed E-state index contributed by atoms with van der Waals surface area (Å²) in [5.74, 6) is 2.34. The molecule has 156 valence electrons. The monoisotopic (exact) mass is 461 g/mol. The van der Waals surface area contributed by atoms with E-state index in [-0.39, 0.29) is 17.0 Å². The number of anilines is 2. The Bertz CT molecular complexity index is 559. The Balaban J connectivity index is 0.00000364. The first kappa shape index (κ1) is 24.3. The number of nitrogens with zero attached hydrogens (tertiary/aromatic N) is 4. The van der Waals surface area contributed by atoms with Gasteiger partial charge in [-0.05, 0) is 53.2 Å². The van der Waals surface area contributed by atoms with E-state index in [1.165, 1.54) is 19.3 Å². The maximum atomic E-state index is 5.56. The third-order valence-corrected chi connectivity index (χ3v) is 5.62. The van der Waals surface area contributed by atoms with E-state index in [1.54, 1.807) is 18.9 Å². The third-order valence-electron chi connectivity index (χ3n) is 4.85. The molecule has 1 N–H and O–H groups in total. The number of hydrogen-bond acceptors (Lipinski definition) is 7. The van der Waals surface area contributed by atoms with E-state index in [0.29, 0.717) is 18.0 Å². The molecular weight excluding hydrogens is 426 g/mol. The standard InChI is InChI=1S/C19H35N5OS.BrH/c1-14(2)24(15(3)4)13-10-20-17-16(26-6)18(25-5)22-19(21-17)23-11-8-7-9-12-23;/h14-15H,7-13H2,1-6H3,(H,20,21,22);1H. The fraction of sp³-hybridized carbons (Fsp3) is 0.789. The summed E-state index contributed by atoms with van der Waals surface area (Å²) in [5, 5.41) is 3.54. The molecule has 0 amide bonds. The van der Waals surface area contributed by atoms with Gasteiger partial charge in [0, 0.05) is 38.3 Å². The van der Waals surface area contributed by atoms with E-state index in [2.05, 4.69) is 47.8 Å². The van der Waals surface area contributed by atoms with Crippen LogP contribution in [0, 0.1) is 0 Å². The predicted octanol–water partition coefficient (Wildman–Crippen LogP) is 4.31. The van der Waals surface area contributed by atoms with Gasteiger partial charge in [-0.25, -0.2) is 0 Å². The van der Waals surface area contributed by atoms with Crippen LogP contribution in [0.5, 0.6) is 5.88 Å². The maximum Gasteiger partial charge on any atom is 0.234 e. The fourth-order valence-corrected chi connectivity index (χ4v) is 4.13. The average Bonchev–Trinajstić information content (AvgIpc) is 2.64. The molecule has 1 aromatic heterocycles. The molecule has 0 saturated carbocycles. The Hall–Kier alpha value is -0.730. The number of methoxy groups -OCH3 is 1. The minimum Gasteiger partial charge on any atom is -0.480 e. The number of ether oxygens (including phenoxy) is 1. The third kappa shape index (κ3) is 6.68. The number of piperidine rings is 1. The van der Waals surface area contributed by atoms with Crippen molar-refractivity contribution < 1.29 is 4.74 Å². The summed E-state index contributed by atoms with van der Waals surface area (Å²) in [4.78, 5) is 15.3. The quantitative estimate of drug-likeness (QED) is 0.549. The van der Waals surface area contributed by atoms with Crippen LogP contribution in [0.15, 0.2) is 4.90 Å². The zero-order valence-corrected chi connectivity index (χ0v) is 20.1. The lowest BCUT2D eigenvalue weighted by Gasteiger charge is -2.31. The number of nitrogens with one attached hydrogen (secondary N) is 1. The molecule has 8 heteroatoms. The molecule has 1 aliphatic rings. The highest BCUT2D eigenvalue weighted by Crippen LogP contribution is 2.34. The second-order valence-electron chi connectivity index (χ2n) is 7.31. The number of halogens is 1. The maximum absolute atomic E-state index is 5.56. The molecule has 0 unspecified atom stereocenters. The van der Waals surface area contributed by atoms with E-state index in [4.69, 9.17) is 9.72 Å². The van der Waals surface area contributed by atoms with E-state index in [0.717, 1.165) is 42.8 Å². The second-order valence-corrected chi connectivity index (χ2v) is 8.13. The molecule has 0 aliphatic carbocycles. The van der Waals surface area contributed by atoms with Crippen LogP contribution in [0.25, 0.3) is 0 Å². The molecule has 1 aromatic rings. The Morgan fingerprint density at radius 2 is 1.74 bits per heavy atom. The lowest BCUT2D eigenvalue weighted by atomic mass is 10.1. The van der Waals surface area contributed by atoms with Gasteiger partial charge >= 0.3 is 0 Å². The van der Waals surface area contributed by atoms with Crippen molar-refractivity contribution in [1.29, 1.82) is 0 Å². The van der Waals surface area contributed by atoms with Crippen LogP contribution in [0.1, 0.15) is 47.0 Å². The Morgan fingerprint density at radius 1 is 1.11 bits per heavy atom. The Labute approximate surface area is 179 Å². The van der Waals surface area contributed by atoms with Gasteiger partial charge in [-0.2, -0.15) is 9.97 Å². The van der Waals surface area contributed by atoms with Crippen molar-refractivity contribution in [3.05, 3.63) is 0 Å². The summed E-state index contributed by atoms with van der Waals surface area (Å²) < 4.78 is 5.56. The summed E-state index contributed by atoms with van der Waals surface area (Å²) in [7, 11) is 1.69. The molecular formula is C19H36BrN5OS. The average molecular weight is 463 g/mol. The summed E-state index contributed by atoms with van der Waals surface area (Å²) in [6, 6.07) is 1.06. The predicted molar refractivity (Wildman–Crippen MR) is 122 cm³/mol. The molecule has 0 atom stereocenters. The molecule has 1 saturated heterocycles. The SMILES string of the molecule is Br.COc1nc(N2CCCCC2)nc(NCCN(C(C)C)C(C)C)c1SC. The number of aromatic nitrogens is 2. The highest BCUT2D eigenvalue weighted by Gasteiger charge is 2.20. The van der Waals surface area contributed by atoms with Crippen molar-refractivity contribution in [2.75, 3.05) is 49.8 Å². The van der Waals surface area contributed by atoms with Gasteiger partial charge < -0.3 is 15.0 Å². The van der Waals surface area contributed by atoms with Crippen LogP contribution in [0.4, 0.5) is 11.8 Å². The fourth-order valence-electron chi connectivity index (χ4n) is 3.51. The van der Waals surface area contributed by atoms with Gasteiger partial charge in [0.2, 0.25) is 11.8 Å². The minimum atomic E-state index is 0. The van der Waals surface area contributed by atoms with Crippen LogP contribution in [-0.4, -0.2) is 66.5 Å². The summed E-state index contributed by atoms with van der Waals surface area (Å²) >= 11 is 1.63. The molecule has 0 spiro atoms. The molecule has 2 rings (SSSR count). The number of rotatable bonds is 9. The van der Waals surface area contributed by atoms with Crippen LogP contribution < -0.4 is 15.0 Å². The topological polar surface area (TPSA) is 53.5 Å². The van der Waals surface area contributed by atoms with E-state index >= 15 is 0 Å². The van der Waals surface area contributed by atoms with Crippen LogP contribution >= 0.6 is 28.7 Å². The smallest absolute Gasteiger partial charge is 0.234 e. The van der Waals surface area contributed by atoms with Crippen molar-refractivity contribution in [3.63, 3.8) is 0 Å². The summed E-state index contributed by atoms with van der Waals surface area (Å²) in [5.41, 5.74) is 0. The molecule has 1 fully saturated rings.